The number of nitrogens with two attached hydrogens (primary N) is 1. The minimum Gasteiger partial charge on any atom is -0.361 e. The Morgan fingerprint density at radius 3 is 2.92 bits per heavy atom. The first-order valence-electron chi connectivity index (χ1n) is 8.20. The minimum absolute atomic E-state index is 0.214. The quantitative estimate of drug-likeness (QED) is 0.462. The molecule has 0 saturated heterocycles. The van der Waals surface area contributed by atoms with Gasteiger partial charge in [-0.15, -0.1) is 0 Å². The van der Waals surface area contributed by atoms with Crippen LogP contribution in [0.15, 0.2) is 48.7 Å². The van der Waals surface area contributed by atoms with Crippen LogP contribution in [0.5, 0.6) is 0 Å². The lowest BCUT2D eigenvalue weighted by Gasteiger charge is -2.07. The first-order chi connectivity index (χ1) is 12.1. The van der Waals surface area contributed by atoms with Crippen LogP contribution in [-0.4, -0.2) is 26.9 Å². The summed E-state index contributed by atoms with van der Waals surface area (Å²) < 4.78 is 0. The summed E-state index contributed by atoms with van der Waals surface area (Å²) in [5.41, 5.74) is 10.3. The summed E-state index contributed by atoms with van der Waals surface area (Å²) in [7, 11) is 0. The molecule has 0 fully saturated rings. The largest absolute Gasteiger partial charge is 0.361 e. The Bertz CT molecular complexity index is 1060. The molecule has 4 rings (SSSR count). The summed E-state index contributed by atoms with van der Waals surface area (Å²) in [4.78, 5) is 23.0. The minimum atomic E-state index is -0.549. The summed E-state index contributed by atoms with van der Waals surface area (Å²) in [6.07, 6.45) is 2.73. The van der Waals surface area contributed by atoms with Crippen LogP contribution in [0.2, 0.25) is 0 Å². The van der Waals surface area contributed by atoms with E-state index in [9.17, 15) is 4.79 Å². The predicted octanol–water partition coefficient (Wildman–Crippen LogP) is 2.92. The van der Waals surface area contributed by atoms with Crippen molar-refractivity contribution in [2.24, 2.45) is 5.73 Å². The van der Waals surface area contributed by atoms with Crippen LogP contribution in [-0.2, 0) is 11.2 Å². The molecule has 25 heavy (non-hydrogen) atoms. The average molecular weight is 333 g/mol. The molecule has 6 nitrogen and oxygen atoms in total. The summed E-state index contributed by atoms with van der Waals surface area (Å²) in [6, 6.07) is 13.3. The molecule has 126 valence electrons. The van der Waals surface area contributed by atoms with Gasteiger partial charge in [0.15, 0.2) is 0 Å². The molecule has 0 aliphatic rings. The zero-order valence-corrected chi connectivity index (χ0v) is 13.8. The molecular formula is C19H19N5O. The van der Waals surface area contributed by atoms with E-state index < -0.39 is 6.04 Å². The molecule has 6 heteroatoms. The first-order valence-corrected chi connectivity index (χ1v) is 8.20. The molecule has 0 radical (unpaired) electrons. The van der Waals surface area contributed by atoms with Gasteiger partial charge in [-0.05, 0) is 36.8 Å². The second-order valence-corrected chi connectivity index (χ2v) is 6.23. The van der Waals surface area contributed by atoms with Gasteiger partial charge >= 0.3 is 0 Å². The highest BCUT2D eigenvalue weighted by molar-refractivity contribution is 5.96. The number of para-hydroxylation sites is 1. The van der Waals surface area contributed by atoms with Gasteiger partial charge in [0, 0.05) is 29.2 Å². The van der Waals surface area contributed by atoms with Crippen molar-refractivity contribution in [3.8, 4) is 0 Å². The number of benzene rings is 2. The third kappa shape index (κ3) is 2.99. The molecule has 0 aliphatic carbocycles. The Morgan fingerprint density at radius 2 is 2.08 bits per heavy atom. The lowest BCUT2D eigenvalue weighted by molar-refractivity contribution is -0.117. The highest BCUT2D eigenvalue weighted by Crippen LogP contribution is 2.22. The van der Waals surface area contributed by atoms with Crippen LogP contribution in [0, 0.1) is 0 Å². The number of anilines is 1. The fourth-order valence-corrected chi connectivity index (χ4v) is 2.93. The SMILES string of the molecule is C[C@H](N)C(=O)Nc1ccc2[nH]c(Cc3c[nH]c4ccccc34)nc2c1. The highest BCUT2D eigenvalue weighted by atomic mass is 16.2. The Labute approximate surface area is 144 Å². The van der Waals surface area contributed by atoms with E-state index in [1.54, 1.807) is 6.92 Å². The maximum absolute atomic E-state index is 11.7. The first kappa shape index (κ1) is 15.4. The second-order valence-electron chi connectivity index (χ2n) is 6.23. The van der Waals surface area contributed by atoms with E-state index in [2.05, 4.69) is 32.4 Å². The van der Waals surface area contributed by atoms with Gasteiger partial charge in [-0.3, -0.25) is 4.79 Å². The number of aromatic amines is 2. The lowest BCUT2D eigenvalue weighted by Crippen LogP contribution is -2.32. The molecule has 1 atom stereocenters. The van der Waals surface area contributed by atoms with Crippen LogP contribution < -0.4 is 11.1 Å². The fourth-order valence-electron chi connectivity index (χ4n) is 2.93. The van der Waals surface area contributed by atoms with Gasteiger partial charge in [-0.1, -0.05) is 18.2 Å². The van der Waals surface area contributed by atoms with Crippen LogP contribution >= 0.6 is 0 Å². The van der Waals surface area contributed by atoms with Gasteiger partial charge in [0.05, 0.1) is 17.1 Å². The number of fused-ring (bicyclic) bond motifs is 2. The summed E-state index contributed by atoms with van der Waals surface area (Å²) in [5.74, 6) is 0.671. The van der Waals surface area contributed by atoms with Crippen molar-refractivity contribution in [3.63, 3.8) is 0 Å². The van der Waals surface area contributed by atoms with Gasteiger partial charge in [0.1, 0.15) is 5.82 Å². The Morgan fingerprint density at radius 1 is 1.24 bits per heavy atom. The highest BCUT2D eigenvalue weighted by Gasteiger charge is 2.11. The second kappa shape index (κ2) is 6.07. The maximum Gasteiger partial charge on any atom is 0.240 e. The van der Waals surface area contributed by atoms with Crippen molar-refractivity contribution in [2.45, 2.75) is 19.4 Å². The lowest BCUT2D eigenvalue weighted by atomic mass is 10.1. The summed E-state index contributed by atoms with van der Waals surface area (Å²) in [6.45, 7) is 1.65. The number of nitrogens with one attached hydrogen (secondary N) is 3. The molecule has 1 amide bonds. The molecule has 2 aromatic carbocycles. The third-order valence-corrected chi connectivity index (χ3v) is 4.25. The number of hydrogen-bond acceptors (Lipinski definition) is 3. The van der Waals surface area contributed by atoms with Crippen molar-refractivity contribution < 1.29 is 4.79 Å². The van der Waals surface area contributed by atoms with Crippen LogP contribution in [0.25, 0.3) is 21.9 Å². The number of amides is 1. The summed E-state index contributed by atoms with van der Waals surface area (Å²) >= 11 is 0. The molecule has 4 aromatic rings. The number of imidazole rings is 1. The molecule has 5 N–H and O–H groups in total. The zero-order chi connectivity index (χ0) is 17.4. The van der Waals surface area contributed by atoms with Crippen molar-refractivity contribution in [2.75, 3.05) is 5.32 Å². The number of carbonyl (C=O) groups is 1. The van der Waals surface area contributed by atoms with Gasteiger partial charge < -0.3 is 21.0 Å². The van der Waals surface area contributed by atoms with E-state index in [1.807, 2.05) is 36.5 Å². The van der Waals surface area contributed by atoms with E-state index in [0.717, 1.165) is 22.4 Å². The molecule has 0 aliphatic heterocycles. The smallest absolute Gasteiger partial charge is 0.240 e. The molecule has 2 heterocycles. The van der Waals surface area contributed by atoms with E-state index >= 15 is 0 Å². The molecule has 0 spiro atoms. The van der Waals surface area contributed by atoms with Crippen molar-refractivity contribution in [1.29, 1.82) is 0 Å². The molecule has 0 saturated carbocycles. The predicted molar refractivity (Wildman–Crippen MR) is 99.5 cm³/mol. The van der Waals surface area contributed by atoms with Gasteiger partial charge in [0.2, 0.25) is 5.91 Å². The molecule has 0 unspecified atom stereocenters. The van der Waals surface area contributed by atoms with E-state index in [-0.39, 0.29) is 5.91 Å². The van der Waals surface area contributed by atoms with Gasteiger partial charge in [-0.25, -0.2) is 4.98 Å². The topological polar surface area (TPSA) is 99.6 Å². The van der Waals surface area contributed by atoms with Crippen molar-refractivity contribution in [1.82, 2.24) is 15.0 Å². The number of rotatable bonds is 4. The van der Waals surface area contributed by atoms with Crippen molar-refractivity contribution >= 4 is 33.5 Å². The number of hydrogen-bond donors (Lipinski definition) is 4. The van der Waals surface area contributed by atoms with E-state index in [0.29, 0.717) is 12.1 Å². The molecular weight excluding hydrogens is 314 g/mol. The van der Waals surface area contributed by atoms with Crippen molar-refractivity contribution in [3.05, 3.63) is 60.0 Å². The molecule has 2 aromatic heterocycles. The normalized spacial score (nSPS) is 12.6. The van der Waals surface area contributed by atoms with E-state index in [4.69, 9.17) is 5.73 Å². The van der Waals surface area contributed by atoms with E-state index in [1.165, 1.54) is 10.9 Å². The van der Waals surface area contributed by atoms with Crippen LogP contribution in [0.1, 0.15) is 18.3 Å². The summed E-state index contributed by atoms with van der Waals surface area (Å²) in [5, 5.41) is 3.99. The van der Waals surface area contributed by atoms with Gasteiger partial charge in [0.25, 0.3) is 0 Å². The van der Waals surface area contributed by atoms with Crippen LogP contribution in [0.4, 0.5) is 5.69 Å². The Kier molecular flexibility index (Phi) is 3.74. The van der Waals surface area contributed by atoms with Gasteiger partial charge in [-0.2, -0.15) is 0 Å². The maximum atomic E-state index is 11.7. The Balaban J connectivity index is 1.61. The average Bonchev–Trinajstić information content (AvgIpc) is 3.18. The van der Waals surface area contributed by atoms with Crippen LogP contribution in [0.3, 0.4) is 0 Å². The number of H-pyrrole nitrogens is 2. The number of aromatic nitrogens is 3. The number of carbonyl (C=O) groups excluding carboxylic acids is 1. The number of nitrogens with zero attached hydrogens (tertiary/aromatic N) is 1. The molecule has 0 bridgehead atoms. The monoisotopic (exact) mass is 333 g/mol. The standard InChI is InChI=1S/C19H19N5O/c1-11(20)19(25)22-13-6-7-16-17(9-13)24-18(23-16)8-12-10-21-15-5-3-2-4-14(12)15/h2-7,9-11,21H,8,20H2,1H3,(H,22,25)(H,23,24)/t11-/m0/s1. The third-order valence-electron chi connectivity index (χ3n) is 4.25. The Hall–Kier alpha value is -3.12. The zero-order valence-electron chi connectivity index (χ0n) is 13.8. The fraction of sp³-hybridized carbons (Fsp3) is 0.158.